The number of hydrogen-bond donors (Lipinski definition) is 0. The molecule has 2 fully saturated rings. The Hall–Kier alpha value is -2.57. The van der Waals surface area contributed by atoms with E-state index in [2.05, 4.69) is 0 Å². The normalized spacial score (nSPS) is 18.1. The molecule has 0 saturated carbocycles. The van der Waals surface area contributed by atoms with Crippen molar-refractivity contribution >= 4 is 22.9 Å². The van der Waals surface area contributed by atoms with Crippen LogP contribution in [0.3, 0.4) is 0 Å². The Kier molecular flexibility index (Phi) is 5.01. The van der Waals surface area contributed by atoms with Gasteiger partial charge in [0.1, 0.15) is 6.54 Å². The fourth-order valence-corrected chi connectivity index (χ4v) is 4.00. The third kappa shape index (κ3) is 3.63. The van der Waals surface area contributed by atoms with Gasteiger partial charge < -0.3 is 14.2 Å². The average molecular weight is 371 g/mol. The van der Waals surface area contributed by atoms with Crippen LogP contribution in [0.5, 0.6) is 0 Å². The summed E-state index contributed by atoms with van der Waals surface area (Å²) in [6.45, 7) is 2.96. The van der Waals surface area contributed by atoms with Crippen LogP contribution in [0.1, 0.15) is 48.9 Å². The van der Waals surface area contributed by atoms with Gasteiger partial charge in [0.05, 0.1) is 5.52 Å². The van der Waals surface area contributed by atoms with Crippen LogP contribution >= 0.6 is 0 Å². The summed E-state index contributed by atoms with van der Waals surface area (Å²) in [7, 11) is 0. The highest BCUT2D eigenvalue weighted by atomic mass is 16.4. The number of fused-ring (bicyclic) bond motifs is 1. The number of amides is 2. The third-order valence-corrected chi connectivity index (χ3v) is 5.56. The molecule has 3 heterocycles. The maximum absolute atomic E-state index is 12.7. The summed E-state index contributed by atoms with van der Waals surface area (Å²) < 4.78 is 6.63. The summed E-state index contributed by atoms with van der Waals surface area (Å²) in [5.74, 6) is -0.662. The van der Waals surface area contributed by atoms with Gasteiger partial charge in [-0.25, -0.2) is 4.79 Å². The summed E-state index contributed by atoms with van der Waals surface area (Å²) in [4.78, 5) is 41.3. The number of likely N-dealkylation sites (tertiary alicyclic amines) is 2. The summed E-state index contributed by atoms with van der Waals surface area (Å²) in [6, 6.07) is 5.01. The molecule has 2 aliphatic heterocycles. The number of hydrogen-bond acceptors (Lipinski definition) is 4. The number of rotatable bonds is 3. The van der Waals surface area contributed by atoms with E-state index in [0.29, 0.717) is 16.7 Å². The van der Waals surface area contributed by atoms with Gasteiger partial charge in [0.25, 0.3) is 5.91 Å². The van der Waals surface area contributed by atoms with Crippen molar-refractivity contribution in [3.63, 3.8) is 0 Å². The molecule has 0 radical (unpaired) electrons. The van der Waals surface area contributed by atoms with E-state index in [4.69, 9.17) is 4.42 Å². The van der Waals surface area contributed by atoms with E-state index >= 15 is 0 Å². The van der Waals surface area contributed by atoms with E-state index in [1.165, 1.54) is 4.57 Å². The predicted molar refractivity (Wildman–Crippen MR) is 101 cm³/mol. The molecule has 144 valence electrons. The van der Waals surface area contributed by atoms with Crippen molar-refractivity contribution in [3.8, 4) is 0 Å². The monoisotopic (exact) mass is 371 g/mol. The second-order valence-electron chi connectivity index (χ2n) is 7.43. The Morgan fingerprint density at radius 2 is 1.52 bits per heavy atom. The number of nitrogens with zero attached hydrogens (tertiary/aromatic N) is 3. The molecule has 7 heteroatoms. The van der Waals surface area contributed by atoms with Crippen molar-refractivity contribution in [1.82, 2.24) is 14.4 Å². The number of carbonyl (C=O) groups is 2. The van der Waals surface area contributed by atoms with Gasteiger partial charge in [-0.3, -0.25) is 14.2 Å². The molecule has 0 spiro atoms. The number of oxazole rings is 1. The molecule has 2 saturated heterocycles. The molecule has 0 N–H and O–H groups in total. The lowest BCUT2D eigenvalue weighted by molar-refractivity contribution is -0.131. The molecule has 2 amide bonds. The number of benzene rings is 1. The molecule has 4 rings (SSSR count). The molecule has 2 aromatic rings. The molecular formula is C20H25N3O4. The third-order valence-electron chi connectivity index (χ3n) is 5.56. The first-order valence-corrected chi connectivity index (χ1v) is 9.84. The topological polar surface area (TPSA) is 75.8 Å². The summed E-state index contributed by atoms with van der Waals surface area (Å²) in [6.07, 6.45) is 6.33. The van der Waals surface area contributed by atoms with Crippen molar-refractivity contribution in [3.05, 3.63) is 34.3 Å². The quantitative estimate of drug-likeness (QED) is 0.829. The van der Waals surface area contributed by atoms with Gasteiger partial charge >= 0.3 is 5.76 Å². The van der Waals surface area contributed by atoms with Crippen LogP contribution in [0.2, 0.25) is 0 Å². The molecule has 0 bridgehead atoms. The first kappa shape index (κ1) is 17.8. The molecule has 27 heavy (non-hydrogen) atoms. The Morgan fingerprint density at radius 1 is 0.889 bits per heavy atom. The zero-order chi connectivity index (χ0) is 18.8. The maximum Gasteiger partial charge on any atom is 0.420 e. The Labute approximate surface area is 157 Å². The first-order valence-electron chi connectivity index (χ1n) is 9.84. The first-order chi connectivity index (χ1) is 13.1. The van der Waals surface area contributed by atoms with Crippen molar-refractivity contribution in [2.24, 2.45) is 0 Å². The summed E-state index contributed by atoms with van der Waals surface area (Å²) in [5.41, 5.74) is 1.44. The molecule has 0 atom stereocenters. The lowest BCUT2D eigenvalue weighted by Crippen LogP contribution is -2.36. The largest absolute Gasteiger partial charge is 0.420 e. The van der Waals surface area contributed by atoms with E-state index in [1.54, 1.807) is 18.2 Å². The van der Waals surface area contributed by atoms with Gasteiger partial charge in [-0.2, -0.15) is 0 Å². The van der Waals surface area contributed by atoms with Gasteiger partial charge in [0.2, 0.25) is 5.91 Å². The fourth-order valence-electron chi connectivity index (χ4n) is 4.00. The van der Waals surface area contributed by atoms with Crippen LogP contribution in [-0.2, 0) is 11.3 Å². The Bertz CT molecular complexity index is 900. The minimum atomic E-state index is -0.557. The van der Waals surface area contributed by atoms with Crippen LogP contribution in [0.4, 0.5) is 0 Å². The summed E-state index contributed by atoms with van der Waals surface area (Å²) >= 11 is 0. The minimum Gasteiger partial charge on any atom is -0.408 e. The van der Waals surface area contributed by atoms with Gasteiger partial charge in [0.15, 0.2) is 5.58 Å². The number of carbonyl (C=O) groups excluding carboxylic acids is 2. The van der Waals surface area contributed by atoms with E-state index in [0.717, 1.165) is 64.7 Å². The molecule has 7 nitrogen and oxygen atoms in total. The molecule has 1 aromatic carbocycles. The zero-order valence-corrected chi connectivity index (χ0v) is 15.5. The highest BCUT2D eigenvalue weighted by molar-refractivity contribution is 5.97. The lowest BCUT2D eigenvalue weighted by Gasteiger charge is -2.20. The number of aromatic nitrogens is 1. The van der Waals surface area contributed by atoms with E-state index in [-0.39, 0.29) is 18.4 Å². The van der Waals surface area contributed by atoms with Crippen molar-refractivity contribution in [2.75, 3.05) is 26.2 Å². The second kappa shape index (κ2) is 7.58. The predicted octanol–water partition coefficient (Wildman–Crippen LogP) is 2.23. The Morgan fingerprint density at radius 3 is 2.22 bits per heavy atom. The van der Waals surface area contributed by atoms with Gasteiger partial charge in [-0.15, -0.1) is 0 Å². The van der Waals surface area contributed by atoms with Crippen LogP contribution < -0.4 is 5.76 Å². The van der Waals surface area contributed by atoms with Crippen molar-refractivity contribution < 1.29 is 14.0 Å². The highest BCUT2D eigenvalue weighted by Crippen LogP contribution is 2.19. The zero-order valence-electron chi connectivity index (χ0n) is 15.5. The van der Waals surface area contributed by atoms with E-state index in [9.17, 15) is 14.4 Å². The minimum absolute atomic E-state index is 0.0338. The average Bonchev–Trinajstić information content (AvgIpc) is 3.21. The Balaban J connectivity index is 1.60. The molecule has 0 aliphatic carbocycles. The van der Waals surface area contributed by atoms with Crippen molar-refractivity contribution in [1.29, 1.82) is 0 Å². The van der Waals surface area contributed by atoms with Crippen LogP contribution in [-0.4, -0.2) is 52.4 Å². The van der Waals surface area contributed by atoms with Crippen LogP contribution in [0.25, 0.3) is 11.1 Å². The van der Waals surface area contributed by atoms with Crippen LogP contribution in [0, 0.1) is 0 Å². The van der Waals surface area contributed by atoms with Crippen LogP contribution in [0.15, 0.2) is 27.4 Å². The second-order valence-corrected chi connectivity index (χ2v) is 7.43. The standard InChI is InChI=1S/C20H25N3O4/c24-18(21-9-3-1-2-4-10-21)14-23-16-13-15(7-8-17(16)27-20(23)26)19(25)22-11-5-6-12-22/h7-8,13H,1-6,9-12,14H2. The summed E-state index contributed by atoms with van der Waals surface area (Å²) in [5, 5.41) is 0. The van der Waals surface area contributed by atoms with Crippen molar-refractivity contribution in [2.45, 2.75) is 45.1 Å². The maximum atomic E-state index is 12.7. The lowest BCUT2D eigenvalue weighted by atomic mass is 10.2. The van der Waals surface area contributed by atoms with E-state index < -0.39 is 5.76 Å². The molecule has 2 aliphatic rings. The molecular weight excluding hydrogens is 346 g/mol. The van der Waals surface area contributed by atoms with Gasteiger partial charge in [-0.1, -0.05) is 12.8 Å². The fraction of sp³-hybridized carbons (Fsp3) is 0.550. The van der Waals surface area contributed by atoms with Gasteiger partial charge in [0, 0.05) is 31.7 Å². The SMILES string of the molecule is O=C(Cn1c(=O)oc2ccc(C(=O)N3CCCC3)cc21)N1CCCCCC1. The smallest absolute Gasteiger partial charge is 0.408 e. The van der Waals surface area contributed by atoms with E-state index in [1.807, 2.05) is 9.80 Å². The molecule has 0 unspecified atom stereocenters. The highest BCUT2D eigenvalue weighted by Gasteiger charge is 2.22. The van der Waals surface area contributed by atoms with Gasteiger partial charge in [-0.05, 0) is 43.9 Å². The molecule has 1 aromatic heterocycles.